The van der Waals surface area contributed by atoms with Gasteiger partial charge in [-0.3, -0.25) is 0 Å². The van der Waals surface area contributed by atoms with Crippen LogP contribution in [0.25, 0.3) is 10.2 Å². The summed E-state index contributed by atoms with van der Waals surface area (Å²) in [6.45, 7) is 13.3. The lowest BCUT2D eigenvalue weighted by atomic mass is 9.82. The van der Waals surface area contributed by atoms with E-state index in [0.29, 0.717) is 5.95 Å². The van der Waals surface area contributed by atoms with Crippen molar-refractivity contribution in [3.8, 4) is 0 Å². The van der Waals surface area contributed by atoms with E-state index in [1.54, 1.807) is 11.3 Å². The van der Waals surface area contributed by atoms with Gasteiger partial charge < -0.3 is 11.1 Å². The van der Waals surface area contributed by atoms with Gasteiger partial charge in [0.2, 0.25) is 5.95 Å². The second-order valence-electron chi connectivity index (χ2n) is 7.46. The Morgan fingerprint density at radius 2 is 1.86 bits per heavy atom. The summed E-state index contributed by atoms with van der Waals surface area (Å²) in [6.07, 6.45) is 2.04. The minimum atomic E-state index is -0.0553. The van der Waals surface area contributed by atoms with E-state index in [0.717, 1.165) is 28.9 Å². The molecule has 0 atom stereocenters. The molecule has 0 saturated heterocycles. The number of thiophene rings is 1. The van der Waals surface area contributed by atoms with Crippen LogP contribution in [0.1, 0.15) is 52.8 Å². The van der Waals surface area contributed by atoms with Gasteiger partial charge in [0.05, 0.1) is 5.39 Å². The highest BCUT2D eigenvalue weighted by molar-refractivity contribution is 7.18. The van der Waals surface area contributed by atoms with Gasteiger partial charge in [-0.2, -0.15) is 4.98 Å². The zero-order valence-corrected chi connectivity index (χ0v) is 14.7. The van der Waals surface area contributed by atoms with Gasteiger partial charge in [0.1, 0.15) is 10.6 Å². The van der Waals surface area contributed by atoms with Gasteiger partial charge in [0, 0.05) is 10.4 Å². The Morgan fingerprint density at radius 1 is 1.19 bits per heavy atom. The van der Waals surface area contributed by atoms with Crippen LogP contribution in [0.4, 0.5) is 11.8 Å². The Kier molecular flexibility index (Phi) is 4.15. The first-order chi connectivity index (χ1) is 9.59. The molecular formula is C16H26N4S. The molecule has 0 spiro atoms. The average Bonchev–Trinajstić information content (AvgIpc) is 2.67. The molecule has 0 bridgehead atoms. The van der Waals surface area contributed by atoms with Crippen LogP contribution in [-0.4, -0.2) is 15.5 Å². The molecule has 0 amide bonds. The minimum absolute atomic E-state index is 0.0553. The summed E-state index contributed by atoms with van der Waals surface area (Å²) in [5.74, 6) is 1.18. The number of fused-ring (bicyclic) bond motifs is 1. The number of hydrogen-bond acceptors (Lipinski definition) is 5. The Balaban J connectivity index is 2.39. The first-order valence-corrected chi connectivity index (χ1v) is 8.25. The quantitative estimate of drug-likeness (QED) is 0.875. The van der Waals surface area contributed by atoms with Crippen LogP contribution in [0.15, 0.2) is 6.07 Å². The molecule has 0 aliphatic rings. The monoisotopic (exact) mass is 306 g/mol. The van der Waals surface area contributed by atoms with Crippen molar-refractivity contribution in [2.75, 3.05) is 11.1 Å². The highest BCUT2D eigenvalue weighted by Gasteiger charge is 2.26. The van der Waals surface area contributed by atoms with E-state index in [2.05, 4.69) is 62.9 Å². The second-order valence-corrected chi connectivity index (χ2v) is 8.58. The van der Waals surface area contributed by atoms with Crippen molar-refractivity contribution in [2.24, 2.45) is 5.41 Å². The summed E-state index contributed by atoms with van der Waals surface area (Å²) in [5.41, 5.74) is 6.06. The predicted octanol–water partition coefficient (Wildman–Crippen LogP) is 4.46. The zero-order chi connectivity index (χ0) is 15.8. The van der Waals surface area contributed by atoms with Gasteiger partial charge in [0.25, 0.3) is 0 Å². The Hall–Kier alpha value is -1.36. The van der Waals surface area contributed by atoms with Crippen molar-refractivity contribution in [1.29, 1.82) is 0 Å². The molecule has 5 heteroatoms. The molecule has 0 saturated carbocycles. The van der Waals surface area contributed by atoms with Gasteiger partial charge in [0.15, 0.2) is 0 Å². The maximum Gasteiger partial charge on any atom is 0.223 e. The summed E-state index contributed by atoms with van der Waals surface area (Å²) in [5, 5.41) is 4.65. The SMILES string of the molecule is CCc1cc2c(NC(C)(C)CC(C)(C)C)nc(N)nc2s1. The smallest absolute Gasteiger partial charge is 0.223 e. The van der Waals surface area contributed by atoms with Crippen LogP contribution >= 0.6 is 11.3 Å². The molecule has 3 N–H and O–H groups in total. The standard InChI is InChI=1S/C16H26N4S/c1-7-10-8-11-12(18-14(17)19-13(11)21-10)20-16(5,6)9-15(2,3)4/h8H,7,9H2,1-6H3,(H3,17,18,19,20). The van der Waals surface area contributed by atoms with E-state index in [1.165, 1.54) is 4.88 Å². The number of aromatic nitrogens is 2. The van der Waals surface area contributed by atoms with E-state index < -0.39 is 0 Å². The third-order valence-electron chi connectivity index (χ3n) is 3.24. The van der Waals surface area contributed by atoms with Gasteiger partial charge in [-0.25, -0.2) is 4.98 Å². The van der Waals surface area contributed by atoms with Gasteiger partial charge in [-0.1, -0.05) is 27.7 Å². The fourth-order valence-electron chi connectivity index (χ4n) is 2.95. The molecule has 2 heterocycles. The Labute approximate surface area is 131 Å². The summed E-state index contributed by atoms with van der Waals surface area (Å²) in [4.78, 5) is 11.1. The summed E-state index contributed by atoms with van der Waals surface area (Å²) in [6, 6.07) is 2.18. The maximum atomic E-state index is 5.87. The number of rotatable bonds is 4. The Morgan fingerprint density at radius 3 is 2.43 bits per heavy atom. The van der Waals surface area contributed by atoms with Crippen molar-refractivity contribution in [2.45, 2.75) is 59.9 Å². The lowest BCUT2D eigenvalue weighted by molar-refractivity contribution is 0.302. The summed E-state index contributed by atoms with van der Waals surface area (Å²) < 4.78 is 0. The lowest BCUT2D eigenvalue weighted by Crippen LogP contribution is -2.35. The minimum Gasteiger partial charge on any atom is -0.368 e. The van der Waals surface area contributed by atoms with E-state index in [1.807, 2.05) is 0 Å². The molecule has 0 aliphatic heterocycles. The molecule has 2 aromatic rings. The van der Waals surface area contributed by atoms with E-state index in [9.17, 15) is 0 Å². The lowest BCUT2D eigenvalue weighted by Gasteiger charge is -2.34. The normalized spacial score (nSPS) is 12.9. The van der Waals surface area contributed by atoms with Gasteiger partial charge in [-0.05, 0) is 38.2 Å². The highest BCUT2D eigenvalue weighted by atomic mass is 32.1. The molecule has 116 valence electrons. The zero-order valence-electron chi connectivity index (χ0n) is 13.9. The summed E-state index contributed by atoms with van der Waals surface area (Å²) >= 11 is 1.69. The first-order valence-electron chi connectivity index (χ1n) is 7.44. The number of nitrogens with two attached hydrogens (primary N) is 1. The molecule has 0 fully saturated rings. The summed E-state index contributed by atoms with van der Waals surface area (Å²) in [7, 11) is 0. The van der Waals surface area contributed by atoms with E-state index in [-0.39, 0.29) is 11.0 Å². The van der Waals surface area contributed by atoms with Crippen molar-refractivity contribution in [1.82, 2.24) is 9.97 Å². The molecule has 0 unspecified atom stereocenters. The van der Waals surface area contributed by atoms with Crippen LogP contribution in [0.5, 0.6) is 0 Å². The third-order valence-corrected chi connectivity index (χ3v) is 4.41. The van der Waals surface area contributed by atoms with Crippen molar-refractivity contribution in [3.63, 3.8) is 0 Å². The number of hydrogen-bond donors (Lipinski definition) is 2. The fraction of sp³-hybridized carbons (Fsp3) is 0.625. The van der Waals surface area contributed by atoms with Crippen molar-refractivity contribution >= 4 is 33.3 Å². The molecule has 4 nitrogen and oxygen atoms in total. The van der Waals surface area contributed by atoms with Crippen LogP contribution in [0.3, 0.4) is 0 Å². The van der Waals surface area contributed by atoms with Crippen LogP contribution < -0.4 is 11.1 Å². The number of anilines is 2. The van der Waals surface area contributed by atoms with Crippen LogP contribution in [0, 0.1) is 5.41 Å². The largest absolute Gasteiger partial charge is 0.368 e. The average molecular weight is 306 g/mol. The number of aryl methyl sites for hydroxylation is 1. The topological polar surface area (TPSA) is 63.8 Å². The molecule has 0 aliphatic carbocycles. The highest BCUT2D eigenvalue weighted by Crippen LogP contribution is 2.34. The molecule has 2 aromatic heterocycles. The number of nitrogen functional groups attached to an aromatic ring is 1. The second kappa shape index (κ2) is 5.44. The molecule has 0 aromatic carbocycles. The third kappa shape index (κ3) is 4.06. The number of nitrogens with one attached hydrogen (secondary N) is 1. The fourth-order valence-corrected chi connectivity index (χ4v) is 3.92. The molecule has 2 rings (SSSR count). The molecule has 0 radical (unpaired) electrons. The van der Waals surface area contributed by atoms with Gasteiger partial charge >= 0.3 is 0 Å². The molecular weight excluding hydrogens is 280 g/mol. The predicted molar refractivity (Wildman–Crippen MR) is 93.0 cm³/mol. The maximum absolute atomic E-state index is 5.87. The van der Waals surface area contributed by atoms with Crippen molar-refractivity contribution < 1.29 is 0 Å². The van der Waals surface area contributed by atoms with E-state index in [4.69, 9.17) is 5.73 Å². The van der Waals surface area contributed by atoms with Crippen LogP contribution in [0.2, 0.25) is 0 Å². The van der Waals surface area contributed by atoms with Gasteiger partial charge in [-0.15, -0.1) is 11.3 Å². The first kappa shape index (κ1) is 16.0. The number of nitrogens with zero attached hydrogens (tertiary/aromatic N) is 2. The van der Waals surface area contributed by atoms with Crippen LogP contribution in [-0.2, 0) is 6.42 Å². The van der Waals surface area contributed by atoms with Crippen molar-refractivity contribution in [3.05, 3.63) is 10.9 Å². The molecule has 21 heavy (non-hydrogen) atoms. The van der Waals surface area contributed by atoms with E-state index >= 15 is 0 Å². The Bertz CT molecular complexity index is 637.